The largest absolute Gasteiger partial charge is 0.240 e. The van der Waals surface area contributed by atoms with Crippen molar-refractivity contribution in [2.24, 2.45) is 4.99 Å². The second-order valence-corrected chi connectivity index (χ2v) is 2.02. The molecule has 0 aliphatic rings. The maximum absolute atomic E-state index is 12.6. The molecule has 0 saturated heterocycles. The summed E-state index contributed by atoms with van der Waals surface area (Å²) in [5.74, 6) is -7.29. The monoisotopic (exact) mass is 191 g/mol. The molecule has 0 N–H and O–H groups in total. The van der Waals surface area contributed by atoms with Gasteiger partial charge in [0, 0.05) is 6.07 Å². The predicted octanol–water partition coefficient (Wildman–Crippen LogP) is 2.21. The third-order valence-electron chi connectivity index (χ3n) is 1.25. The molecule has 68 valence electrons. The summed E-state index contributed by atoms with van der Waals surface area (Å²) in [6, 6.07) is 0.263. The quantitative estimate of drug-likeness (QED) is 0.220. The number of isocyanates is 1. The first-order valence-corrected chi connectivity index (χ1v) is 2.98. The van der Waals surface area contributed by atoms with Crippen LogP contribution in [0.15, 0.2) is 11.1 Å². The number of carbonyl (C=O) groups excluding carboxylic acids is 1. The standard InChI is InChI=1S/C7HF4NO/c8-3-1-4(12-2-13)6(10)7(11)5(3)9/h1H. The molecule has 0 atom stereocenters. The first kappa shape index (κ1) is 9.41. The van der Waals surface area contributed by atoms with Crippen LogP contribution in [-0.2, 0) is 4.79 Å². The summed E-state index contributed by atoms with van der Waals surface area (Å²) in [5.41, 5.74) is -0.925. The number of benzene rings is 1. The predicted molar refractivity (Wildman–Crippen MR) is 34.1 cm³/mol. The van der Waals surface area contributed by atoms with Crippen LogP contribution in [0.5, 0.6) is 0 Å². The summed E-state index contributed by atoms with van der Waals surface area (Å²) in [6.45, 7) is 0. The zero-order valence-electron chi connectivity index (χ0n) is 5.94. The normalized spacial score (nSPS) is 9.54. The van der Waals surface area contributed by atoms with Crippen LogP contribution in [0, 0.1) is 23.3 Å². The van der Waals surface area contributed by atoms with Crippen LogP contribution in [0.1, 0.15) is 0 Å². The minimum atomic E-state index is -2.01. The smallest absolute Gasteiger partial charge is 0.211 e. The molecule has 6 heteroatoms. The molecular weight excluding hydrogens is 190 g/mol. The molecule has 0 fully saturated rings. The summed E-state index contributed by atoms with van der Waals surface area (Å²) in [4.78, 5) is 12.3. The molecular formula is C7HF4NO. The van der Waals surface area contributed by atoms with E-state index in [0.717, 1.165) is 6.08 Å². The van der Waals surface area contributed by atoms with Gasteiger partial charge in [0.05, 0.1) is 0 Å². The summed E-state index contributed by atoms with van der Waals surface area (Å²) >= 11 is 0. The number of nitrogens with zero attached hydrogens (tertiary/aromatic N) is 1. The number of hydrogen-bond donors (Lipinski definition) is 0. The van der Waals surface area contributed by atoms with Crippen molar-refractivity contribution in [2.75, 3.05) is 0 Å². The van der Waals surface area contributed by atoms with Crippen molar-refractivity contribution >= 4 is 11.8 Å². The Morgan fingerprint density at radius 3 is 2.23 bits per heavy atom. The SMILES string of the molecule is O=C=Nc1cc(F)c(F)c(F)c1F. The Labute approximate surface area is 69.5 Å². The zero-order chi connectivity index (χ0) is 10.0. The van der Waals surface area contributed by atoms with Gasteiger partial charge in [-0.05, 0) is 0 Å². The minimum Gasteiger partial charge on any atom is -0.211 e. The van der Waals surface area contributed by atoms with Gasteiger partial charge in [-0.25, -0.2) is 22.4 Å². The topological polar surface area (TPSA) is 29.4 Å². The number of halogens is 4. The lowest BCUT2D eigenvalue weighted by atomic mass is 10.3. The number of hydrogen-bond acceptors (Lipinski definition) is 2. The van der Waals surface area contributed by atoms with Gasteiger partial charge >= 0.3 is 0 Å². The number of rotatable bonds is 1. The lowest BCUT2D eigenvalue weighted by Crippen LogP contribution is -1.94. The summed E-state index contributed by atoms with van der Waals surface area (Å²) in [5, 5.41) is 0. The Morgan fingerprint density at radius 1 is 1.08 bits per heavy atom. The molecule has 0 aromatic heterocycles. The van der Waals surface area contributed by atoms with Gasteiger partial charge in [-0.3, -0.25) is 0 Å². The van der Waals surface area contributed by atoms with E-state index in [1.807, 2.05) is 0 Å². The average molecular weight is 191 g/mol. The van der Waals surface area contributed by atoms with Crippen LogP contribution in [-0.4, -0.2) is 6.08 Å². The Balaban J connectivity index is 3.49. The van der Waals surface area contributed by atoms with E-state index in [1.165, 1.54) is 0 Å². The van der Waals surface area contributed by atoms with Gasteiger partial charge in [-0.2, -0.15) is 4.99 Å². The van der Waals surface area contributed by atoms with Crippen molar-refractivity contribution in [2.45, 2.75) is 0 Å². The van der Waals surface area contributed by atoms with Crippen LogP contribution in [0.4, 0.5) is 23.2 Å². The Hall–Kier alpha value is -1.68. The molecule has 13 heavy (non-hydrogen) atoms. The fourth-order valence-corrected chi connectivity index (χ4v) is 0.691. The third kappa shape index (κ3) is 1.57. The zero-order valence-corrected chi connectivity index (χ0v) is 5.94. The first-order chi connectivity index (χ1) is 6.07. The highest BCUT2D eigenvalue weighted by Gasteiger charge is 2.18. The van der Waals surface area contributed by atoms with Gasteiger partial charge in [0.2, 0.25) is 6.08 Å². The van der Waals surface area contributed by atoms with Crippen molar-refractivity contribution in [3.05, 3.63) is 29.3 Å². The molecule has 0 spiro atoms. The van der Waals surface area contributed by atoms with E-state index < -0.39 is 29.0 Å². The van der Waals surface area contributed by atoms with Crippen LogP contribution < -0.4 is 0 Å². The Morgan fingerprint density at radius 2 is 1.69 bits per heavy atom. The van der Waals surface area contributed by atoms with E-state index in [4.69, 9.17) is 0 Å². The molecule has 0 amide bonds. The lowest BCUT2D eigenvalue weighted by molar-refractivity contribution is 0.410. The molecule has 0 aliphatic carbocycles. The van der Waals surface area contributed by atoms with E-state index in [9.17, 15) is 22.4 Å². The molecule has 0 radical (unpaired) electrons. The van der Waals surface area contributed by atoms with Gasteiger partial charge < -0.3 is 0 Å². The Bertz CT molecular complexity index is 398. The molecule has 1 aromatic carbocycles. The van der Waals surface area contributed by atoms with Crippen molar-refractivity contribution in [1.29, 1.82) is 0 Å². The molecule has 0 unspecified atom stereocenters. The van der Waals surface area contributed by atoms with Crippen molar-refractivity contribution < 1.29 is 22.4 Å². The van der Waals surface area contributed by atoms with Gasteiger partial charge in [0.25, 0.3) is 0 Å². The summed E-state index contributed by atoms with van der Waals surface area (Å²) in [7, 11) is 0. The Kier molecular flexibility index (Phi) is 2.44. The van der Waals surface area contributed by atoms with Crippen LogP contribution in [0.25, 0.3) is 0 Å². The molecule has 1 aromatic rings. The highest BCUT2D eigenvalue weighted by Crippen LogP contribution is 2.24. The van der Waals surface area contributed by atoms with Crippen LogP contribution in [0.3, 0.4) is 0 Å². The highest BCUT2D eigenvalue weighted by atomic mass is 19.2. The van der Waals surface area contributed by atoms with Crippen LogP contribution >= 0.6 is 0 Å². The molecule has 0 bridgehead atoms. The van der Waals surface area contributed by atoms with Crippen molar-refractivity contribution in [1.82, 2.24) is 0 Å². The van der Waals surface area contributed by atoms with E-state index in [-0.39, 0.29) is 6.07 Å². The average Bonchev–Trinajstić information content (AvgIpc) is 2.11. The first-order valence-electron chi connectivity index (χ1n) is 2.98. The van der Waals surface area contributed by atoms with E-state index in [1.54, 1.807) is 0 Å². The molecule has 2 nitrogen and oxygen atoms in total. The molecule has 0 saturated carbocycles. The molecule has 0 heterocycles. The molecule has 1 rings (SSSR count). The van der Waals surface area contributed by atoms with Crippen molar-refractivity contribution in [3.8, 4) is 0 Å². The van der Waals surface area contributed by atoms with Gasteiger partial charge in [0.1, 0.15) is 5.69 Å². The summed E-state index contributed by atoms with van der Waals surface area (Å²) in [6.07, 6.45) is 0.878. The third-order valence-corrected chi connectivity index (χ3v) is 1.25. The highest BCUT2D eigenvalue weighted by molar-refractivity contribution is 5.49. The van der Waals surface area contributed by atoms with Crippen LogP contribution in [0.2, 0.25) is 0 Å². The maximum Gasteiger partial charge on any atom is 0.240 e. The summed E-state index contributed by atoms with van der Waals surface area (Å²) < 4.78 is 49.6. The second kappa shape index (κ2) is 3.37. The van der Waals surface area contributed by atoms with E-state index in [2.05, 4.69) is 4.99 Å². The van der Waals surface area contributed by atoms with E-state index in [0.29, 0.717) is 0 Å². The van der Waals surface area contributed by atoms with Gasteiger partial charge in [-0.15, -0.1) is 0 Å². The van der Waals surface area contributed by atoms with Gasteiger partial charge in [0.15, 0.2) is 23.3 Å². The fourth-order valence-electron chi connectivity index (χ4n) is 0.691. The minimum absolute atomic E-state index is 0.263. The van der Waals surface area contributed by atoms with E-state index >= 15 is 0 Å². The van der Waals surface area contributed by atoms with Crippen molar-refractivity contribution in [3.63, 3.8) is 0 Å². The second-order valence-electron chi connectivity index (χ2n) is 2.02. The maximum atomic E-state index is 12.6. The van der Waals surface area contributed by atoms with Gasteiger partial charge in [-0.1, -0.05) is 0 Å². The molecule has 0 aliphatic heterocycles. The fraction of sp³-hybridized carbons (Fsp3) is 0. The number of aliphatic imine (C=N–C) groups is 1. The lowest BCUT2D eigenvalue weighted by Gasteiger charge is -1.98.